The smallest absolute Gasteiger partial charge is 0.222 e. The number of nitrogens with one attached hydrogen (secondary N) is 1. The molecular weight excluding hydrogens is 332 g/mol. The van der Waals surface area contributed by atoms with Crippen LogP contribution in [0.25, 0.3) is 0 Å². The molecule has 0 bridgehead atoms. The van der Waals surface area contributed by atoms with E-state index < -0.39 is 0 Å². The van der Waals surface area contributed by atoms with Crippen molar-refractivity contribution in [3.63, 3.8) is 0 Å². The number of piperidine rings is 1. The predicted octanol–water partition coefficient (Wildman–Crippen LogP) is 2.49. The van der Waals surface area contributed by atoms with E-state index >= 15 is 0 Å². The average Bonchev–Trinajstić information content (AvgIpc) is 2.69. The largest absolute Gasteiger partial charge is 0.493 e. The summed E-state index contributed by atoms with van der Waals surface area (Å²) in [7, 11) is 4.79. The number of benzene rings is 1. The summed E-state index contributed by atoms with van der Waals surface area (Å²) in [5.74, 6) is 2.74. The van der Waals surface area contributed by atoms with Gasteiger partial charge in [-0.1, -0.05) is 6.92 Å². The number of nitrogens with zero attached hydrogens (tertiary/aromatic N) is 1. The average molecular weight is 364 g/mol. The van der Waals surface area contributed by atoms with Gasteiger partial charge in [0.25, 0.3) is 0 Å². The Bertz CT molecular complexity index is 558. The van der Waals surface area contributed by atoms with Crippen LogP contribution in [0.2, 0.25) is 0 Å². The van der Waals surface area contributed by atoms with Crippen LogP contribution in [-0.4, -0.2) is 58.3 Å². The Morgan fingerprint density at radius 1 is 1.12 bits per heavy atom. The van der Waals surface area contributed by atoms with Gasteiger partial charge in [0.05, 0.1) is 21.3 Å². The topological polar surface area (TPSA) is 60.0 Å². The van der Waals surface area contributed by atoms with Crippen LogP contribution >= 0.6 is 0 Å². The molecule has 1 aliphatic rings. The maximum atomic E-state index is 12.5. The molecule has 1 aliphatic heterocycles. The van der Waals surface area contributed by atoms with Gasteiger partial charge >= 0.3 is 0 Å². The van der Waals surface area contributed by atoms with Gasteiger partial charge in [0.1, 0.15) is 0 Å². The summed E-state index contributed by atoms with van der Waals surface area (Å²) in [6.07, 6.45) is 3.33. The second kappa shape index (κ2) is 10.3. The Labute approximate surface area is 156 Å². The molecule has 1 fully saturated rings. The van der Waals surface area contributed by atoms with E-state index in [0.29, 0.717) is 36.0 Å². The third kappa shape index (κ3) is 5.27. The first-order valence-electron chi connectivity index (χ1n) is 9.40. The zero-order chi connectivity index (χ0) is 18.9. The highest BCUT2D eigenvalue weighted by atomic mass is 16.5. The number of amides is 1. The van der Waals surface area contributed by atoms with Crippen LogP contribution in [0, 0.1) is 5.92 Å². The van der Waals surface area contributed by atoms with Gasteiger partial charge in [0.15, 0.2) is 11.5 Å². The fourth-order valence-electron chi connectivity index (χ4n) is 3.42. The molecule has 0 spiro atoms. The molecule has 1 aromatic carbocycles. The van der Waals surface area contributed by atoms with E-state index in [1.807, 2.05) is 17.0 Å². The van der Waals surface area contributed by atoms with Crippen LogP contribution < -0.4 is 19.5 Å². The minimum atomic E-state index is 0.223. The molecule has 1 N–H and O–H groups in total. The first-order valence-corrected chi connectivity index (χ1v) is 9.40. The molecule has 2 rings (SSSR count). The number of likely N-dealkylation sites (tertiary alicyclic amines) is 1. The second-order valence-electron chi connectivity index (χ2n) is 6.67. The summed E-state index contributed by atoms with van der Waals surface area (Å²) in [6.45, 7) is 5.92. The van der Waals surface area contributed by atoms with Gasteiger partial charge in [-0.05, 0) is 56.0 Å². The van der Waals surface area contributed by atoms with Gasteiger partial charge in [0.2, 0.25) is 11.7 Å². The van der Waals surface area contributed by atoms with E-state index in [2.05, 4.69) is 12.2 Å². The van der Waals surface area contributed by atoms with Crippen molar-refractivity contribution >= 4 is 5.91 Å². The van der Waals surface area contributed by atoms with Crippen LogP contribution in [0.5, 0.6) is 17.2 Å². The molecule has 1 amide bonds. The minimum Gasteiger partial charge on any atom is -0.493 e. The number of hydrogen-bond acceptors (Lipinski definition) is 5. The molecule has 0 saturated carbocycles. The molecule has 0 unspecified atom stereocenters. The molecular formula is C20H32N2O4. The maximum absolute atomic E-state index is 12.5. The Hall–Kier alpha value is -1.95. The van der Waals surface area contributed by atoms with Crippen LogP contribution in [0.15, 0.2) is 12.1 Å². The molecule has 6 nitrogen and oxygen atoms in total. The molecule has 1 heterocycles. The van der Waals surface area contributed by atoms with E-state index in [-0.39, 0.29) is 5.91 Å². The van der Waals surface area contributed by atoms with Gasteiger partial charge in [-0.3, -0.25) is 4.79 Å². The monoisotopic (exact) mass is 364 g/mol. The zero-order valence-corrected chi connectivity index (χ0v) is 16.5. The van der Waals surface area contributed by atoms with E-state index in [0.717, 1.165) is 44.6 Å². The van der Waals surface area contributed by atoms with Crippen molar-refractivity contribution < 1.29 is 19.0 Å². The number of carbonyl (C=O) groups excluding carboxylic acids is 1. The molecule has 0 radical (unpaired) electrons. The van der Waals surface area contributed by atoms with E-state index in [4.69, 9.17) is 14.2 Å². The minimum absolute atomic E-state index is 0.223. The van der Waals surface area contributed by atoms with Crippen molar-refractivity contribution in [2.75, 3.05) is 47.5 Å². The Morgan fingerprint density at radius 3 is 2.23 bits per heavy atom. The Kier molecular flexibility index (Phi) is 8.04. The summed E-state index contributed by atoms with van der Waals surface area (Å²) in [6, 6.07) is 3.83. The van der Waals surface area contributed by atoms with Gasteiger partial charge in [-0.2, -0.15) is 0 Å². The van der Waals surface area contributed by atoms with Crippen molar-refractivity contribution in [2.24, 2.45) is 5.92 Å². The molecule has 26 heavy (non-hydrogen) atoms. The summed E-state index contributed by atoms with van der Waals surface area (Å²) in [4.78, 5) is 14.5. The fourth-order valence-corrected chi connectivity index (χ4v) is 3.42. The second-order valence-corrected chi connectivity index (χ2v) is 6.67. The predicted molar refractivity (Wildman–Crippen MR) is 102 cm³/mol. The highest BCUT2D eigenvalue weighted by molar-refractivity contribution is 5.76. The van der Waals surface area contributed by atoms with Gasteiger partial charge in [-0.15, -0.1) is 0 Å². The summed E-state index contributed by atoms with van der Waals surface area (Å²) in [5.41, 5.74) is 1.01. The molecule has 0 aliphatic carbocycles. The van der Waals surface area contributed by atoms with Gasteiger partial charge < -0.3 is 24.4 Å². The summed E-state index contributed by atoms with van der Waals surface area (Å²) >= 11 is 0. The van der Waals surface area contributed by atoms with Crippen molar-refractivity contribution in [3.05, 3.63) is 17.7 Å². The fraction of sp³-hybridized carbons (Fsp3) is 0.650. The van der Waals surface area contributed by atoms with Crippen LogP contribution in [0.1, 0.15) is 31.7 Å². The third-order valence-electron chi connectivity index (χ3n) is 5.00. The Morgan fingerprint density at radius 2 is 1.73 bits per heavy atom. The normalized spacial score (nSPS) is 15.0. The molecule has 146 valence electrons. The standard InChI is InChI=1S/C20H32N2O4/c1-5-21-14-15-8-10-22(11-9-15)19(23)7-6-16-12-17(24-2)20(26-4)18(13-16)25-3/h12-13,15,21H,5-11,14H2,1-4H3. The molecule has 1 aromatic rings. The lowest BCUT2D eigenvalue weighted by Gasteiger charge is -2.32. The van der Waals surface area contributed by atoms with E-state index in [1.54, 1.807) is 21.3 Å². The lowest BCUT2D eigenvalue weighted by atomic mass is 9.96. The number of ether oxygens (including phenoxy) is 3. The molecule has 0 aromatic heterocycles. The van der Waals surface area contributed by atoms with Crippen LogP contribution in [0.3, 0.4) is 0 Å². The quantitative estimate of drug-likeness (QED) is 0.729. The number of rotatable bonds is 9. The summed E-state index contributed by atoms with van der Waals surface area (Å²) < 4.78 is 16.1. The molecule has 0 atom stereocenters. The lowest BCUT2D eigenvalue weighted by molar-refractivity contribution is -0.132. The van der Waals surface area contributed by atoms with Crippen molar-refractivity contribution in [1.82, 2.24) is 10.2 Å². The first kappa shape index (κ1) is 20.4. The van der Waals surface area contributed by atoms with Crippen LogP contribution in [0.4, 0.5) is 0 Å². The van der Waals surface area contributed by atoms with E-state index in [9.17, 15) is 4.79 Å². The van der Waals surface area contributed by atoms with Crippen LogP contribution in [-0.2, 0) is 11.2 Å². The lowest BCUT2D eigenvalue weighted by Crippen LogP contribution is -2.40. The number of hydrogen-bond donors (Lipinski definition) is 1. The first-order chi connectivity index (χ1) is 12.6. The highest BCUT2D eigenvalue weighted by Gasteiger charge is 2.22. The zero-order valence-electron chi connectivity index (χ0n) is 16.5. The summed E-state index contributed by atoms with van der Waals surface area (Å²) in [5, 5.41) is 3.40. The van der Waals surface area contributed by atoms with Crippen molar-refractivity contribution in [3.8, 4) is 17.2 Å². The number of aryl methyl sites for hydroxylation is 1. The van der Waals surface area contributed by atoms with Crippen molar-refractivity contribution in [2.45, 2.75) is 32.6 Å². The maximum Gasteiger partial charge on any atom is 0.222 e. The molecule has 1 saturated heterocycles. The molecule has 6 heteroatoms. The van der Waals surface area contributed by atoms with Gasteiger partial charge in [-0.25, -0.2) is 0 Å². The number of carbonyl (C=O) groups is 1. The SMILES string of the molecule is CCNCC1CCN(C(=O)CCc2cc(OC)c(OC)c(OC)c2)CC1. The highest BCUT2D eigenvalue weighted by Crippen LogP contribution is 2.38. The number of methoxy groups -OCH3 is 3. The third-order valence-corrected chi connectivity index (χ3v) is 5.00. The van der Waals surface area contributed by atoms with Gasteiger partial charge in [0, 0.05) is 19.5 Å². The Balaban J connectivity index is 1.89. The van der Waals surface area contributed by atoms with Crippen molar-refractivity contribution in [1.29, 1.82) is 0 Å². The van der Waals surface area contributed by atoms with E-state index in [1.165, 1.54) is 0 Å².